The van der Waals surface area contributed by atoms with Crippen molar-refractivity contribution < 1.29 is 19.4 Å². The molecule has 162 valence electrons. The number of ether oxygens (including phenoxy) is 1. The lowest BCUT2D eigenvalue weighted by atomic mass is 9.76. The van der Waals surface area contributed by atoms with Gasteiger partial charge < -0.3 is 4.74 Å². The molecule has 0 N–H and O–H groups in total. The summed E-state index contributed by atoms with van der Waals surface area (Å²) in [4.78, 5) is 33.1. The molecule has 30 heavy (non-hydrogen) atoms. The summed E-state index contributed by atoms with van der Waals surface area (Å²) in [5, 5.41) is 22.1. The van der Waals surface area contributed by atoms with Crippen LogP contribution in [0.4, 0.5) is 11.4 Å². The van der Waals surface area contributed by atoms with Crippen LogP contribution in [0.15, 0.2) is 42.0 Å². The van der Waals surface area contributed by atoms with Crippen LogP contribution in [-0.2, 0) is 4.74 Å². The van der Waals surface area contributed by atoms with E-state index in [1.807, 2.05) is 19.9 Å². The van der Waals surface area contributed by atoms with Crippen LogP contribution in [0, 0.1) is 37.0 Å². The molecule has 2 atom stereocenters. The van der Waals surface area contributed by atoms with E-state index in [2.05, 4.69) is 32.9 Å². The van der Waals surface area contributed by atoms with Crippen molar-refractivity contribution in [2.45, 2.75) is 54.1 Å². The highest BCUT2D eigenvalue weighted by Gasteiger charge is 2.34. The van der Waals surface area contributed by atoms with Crippen LogP contribution >= 0.6 is 0 Å². The molecule has 1 aromatic carbocycles. The number of hydrogen-bond donors (Lipinski definition) is 0. The third kappa shape index (κ3) is 4.93. The zero-order chi connectivity index (χ0) is 22.9. The van der Waals surface area contributed by atoms with Gasteiger partial charge in [0.25, 0.3) is 11.4 Å². The van der Waals surface area contributed by atoms with Gasteiger partial charge in [-0.2, -0.15) is 0 Å². The van der Waals surface area contributed by atoms with Crippen LogP contribution in [0.2, 0.25) is 0 Å². The standard InChI is InChI=1S/C22H28N2O6/c1-14-7-8-17(22(14,5)6)9-10-21(3,4)15(2)30-20(25)16-11-18(23(26)27)13-19(12-16)24(28)29/h7,9-13,15,17H,8H2,1-6H3/b10-9+/t15-,17+/m0/s1. The number of carbonyl (C=O) groups is 1. The highest BCUT2D eigenvalue weighted by molar-refractivity contribution is 5.91. The molecular weight excluding hydrogens is 388 g/mol. The number of nitro groups is 2. The van der Waals surface area contributed by atoms with Crippen molar-refractivity contribution in [1.82, 2.24) is 0 Å². The molecule has 2 rings (SSSR count). The number of nitro benzene ring substituents is 2. The second-order valence-corrected chi connectivity index (χ2v) is 8.93. The Kier molecular flexibility index (Phi) is 6.49. The minimum Gasteiger partial charge on any atom is -0.458 e. The van der Waals surface area contributed by atoms with Gasteiger partial charge in [-0.05, 0) is 31.6 Å². The number of non-ortho nitro benzene ring substituents is 2. The smallest absolute Gasteiger partial charge is 0.338 e. The second kappa shape index (κ2) is 8.38. The number of allylic oxidation sites excluding steroid dienone is 3. The monoisotopic (exact) mass is 416 g/mol. The molecule has 0 saturated heterocycles. The van der Waals surface area contributed by atoms with Crippen LogP contribution in [0.25, 0.3) is 0 Å². The van der Waals surface area contributed by atoms with Gasteiger partial charge in [0.05, 0.1) is 21.5 Å². The molecule has 0 amide bonds. The molecule has 1 aliphatic carbocycles. The average Bonchev–Trinajstić information content (AvgIpc) is 2.91. The van der Waals surface area contributed by atoms with E-state index in [1.165, 1.54) is 5.57 Å². The summed E-state index contributed by atoms with van der Waals surface area (Å²) in [5.74, 6) is -0.492. The fraction of sp³-hybridized carbons (Fsp3) is 0.500. The average molecular weight is 416 g/mol. The van der Waals surface area contributed by atoms with E-state index in [0.717, 1.165) is 24.6 Å². The molecule has 0 spiro atoms. The van der Waals surface area contributed by atoms with E-state index >= 15 is 0 Å². The summed E-state index contributed by atoms with van der Waals surface area (Å²) in [6.07, 6.45) is 6.81. The van der Waals surface area contributed by atoms with Gasteiger partial charge in [-0.25, -0.2) is 4.79 Å². The molecule has 8 heteroatoms. The van der Waals surface area contributed by atoms with Gasteiger partial charge in [0.1, 0.15) is 6.10 Å². The number of carbonyl (C=O) groups excluding carboxylic acids is 1. The topological polar surface area (TPSA) is 113 Å². The molecule has 0 aliphatic heterocycles. The Bertz CT molecular complexity index is 897. The fourth-order valence-corrected chi connectivity index (χ4v) is 3.28. The highest BCUT2D eigenvalue weighted by Crippen LogP contribution is 2.44. The summed E-state index contributed by atoms with van der Waals surface area (Å²) in [6.45, 7) is 12.1. The fourth-order valence-electron chi connectivity index (χ4n) is 3.28. The van der Waals surface area contributed by atoms with Crippen molar-refractivity contribution in [2.24, 2.45) is 16.7 Å². The van der Waals surface area contributed by atoms with Crippen molar-refractivity contribution in [3.63, 3.8) is 0 Å². The third-order valence-corrected chi connectivity index (χ3v) is 6.27. The Balaban J connectivity index is 2.17. The van der Waals surface area contributed by atoms with Crippen LogP contribution in [0.1, 0.15) is 58.3 Å². The second-order valence-electron chi connectivity index (χ2n) is 8.93. The molecule has 1 aliphatic rings. The minimum atomic E-state index is -0.838. The molecule has 0 bridgehead atoms. The summed E-state index contributed by atoms with van der Waals surface area (Å²) in [6, 6.07) is 2.78. The number of benzene rings is 1. The zero-order valence-electron chi connectivity index (χ0n) is 18.2. The Hall–Kier alpha value is -3.03. The molecule has 8 nitrogen and oxygen atoms in total. The Morgan fingerprint density at radius 3 is 2.17 bits per heavy atom. The Morgan fingerprint density at radius 2 is 1.73 bits per heavy atom. The first kappa shape index (κ1) is 23.3. The minimum absolute atomic E-state index is 0.0639. The van der Waals surface area contributed by atoms with Crippen molar-refractivity contribution in [1.29, 1.82) is 0 Å². The van der Waals surface area contributed by atoms with Crippen LogP contribution < -0.4 is 0 Å². The molecule has 0 radical (unpaired) electrons. The van der Waals surface area contributed by atoms with Crippen molar-refractivity contribution in [2.75, 3.05) is 0 Å². The van der Waals surface area contributed by atoms with Gasteiger partial charge in [-0.15, -0.1) is 0 Å². The van der Waals surface area contributed by atoms with Gasteiger partial charge in [0.15, 0.2) is 0 Å². The number of nitrogens with zero attached hydrogens (tertiary/aromatic N) is 2. The number of hydrogen-bond acceptors (Lipinski definition) is 6. The molecule has 0 unspecified atom stereocenters. The van der Waals surface area contributed by atoms with E-state index in [4.69, 9.17) is 4.74 Å². The third-order valence-electron chi connectivity index (χ3n) is 6.27. The summed E-state index contributed by atoms with van der Waals surface area (Å²) < 4.78 is 5.51. The van der Waals surface area contributed by atoms with Crippen molar-refractivity contribution >= 4 is 17.3 Å². The van der Waals surface area contributed by atoms with Crippen LogP contribution in [0.5, 0.6) is 0 Å². The number of rotatable bonds is 7. The maximum atomic E-state index is 12.6. The van der Waals surface area contributed by atoms with E-state index in [1.54, 1.807) is 6.92 Å². The van der Waals surface area contributed by atoms with E-state index < -0.39 is 38.7 Å². The highest BCUT2D eigenvalue weighted by atomic mass is 16.6. The molecular formula is C22H28N2O6. The van der Waals surface area contributed by atoms with Crippen molar-refractivity contribution in [3.8, 4) is 0 Å². The molecule has 0 heterocycles. The molecule has 0 aromatic heterocycles. The van der Waals surface area contributed by atoms with E-state index in [9.17, 15) is 25.0 Å². The quantitative estimate of drug-likeness (QED) is 0.247. The van der Waals surface area contributed by atoms with Gasteiger partial charge >= 0.3 is 5.97 Å². The van der Waals surface area contributed by atoms with Crippen molar-refractivity contribution in [3.05, 3.63) is 67.8 Å². The zero-order valence-corrected chi connectivity index (χ0v) is 18.2. The predicted octanol–water partition coefficient (Wildman–Crippen LogP) is 5.62. The maximum Gasteiger partial charge on any atom is 0.338 e. The first-order valence-electron chi connectivity index (χ1n) is 9.77. The first-order valence-corrected chi connectivity index (χ1v) is 9.77. The molecule has 1 aromatic rings. The molecule has 0 fully saturated rings. The summed E-state index contributed by atoms with van der Waals surface area (Å²) in [5.41, 5.74) is -0.381. The lowest BCUT2D eigenvalue weighted by Gasteiger charge is -2.31. The summed E-state index contributed by atoms with van der Waals surface area (Å²) >= 11 is 0. The largest absolute Gasteiger partial charge is 0.458 e. The Morgan fingerprint density at radius 1 is 1.20 bits per heavy atom. The normalized spacial score (nSPS) is 19.4. The van der Waals surface area contributed by atoms with Crippen LogP contribution in [0.3, 0.4) is 0 Å². The van der Waals surface area contributed by atoms with Gasteiger partial charge in [0.2, 0.25) is 0 Å². The summed E-state index contributed by atoms with van der Waals surface area (Å²) in [7, 11) is 0. The maximum absolute atomic E-state index is 12.6. The van der Waals surface area contributed by atoms with E-state index in [-0.39, 0.29) is 11.0 Å². The predicted molar refractivity (Wildman–Crippen MR) is 113 cm³/mol. The lowest BCUT2D eigenvalue weighted by molar-refractivity contribution is -0.394. The first-order chi connectivity index (χ1) is 13.8. The Labute approximate surface area is 175 Å². The SMILES string of the molecule is CC1=CC[C@H](/C=C/C(C)(C)[C@H](C)OC(=O)c2cc([N+](=O)[O-])cc([N+](=O)[O-])c2)C1(C)C. The lowest BCUT2D eigenvalue weighted by Crippen LogP contribution is -2.30. The molecule has 0 saturated carbocycles. The van der Waals surface area contributed by atoms with Gasteiger partial charge in [0, 0.05) is 17.5 Å². The van der Waals surface area contributed by atoms with Gasteiger partial charge in [-0.1, -0.05) is 51.5 Å². The van der Waals surface area contributed by atoms with Gasteiger partial charge in [-0.3, -0.25) is 20.2 Å². The number of esters is 1. The van der Waals surface area contributed by atoms with E-state index in [0.29, 0.717) is 5.92 Å². The van der Waals surface area contributed by atoms with Crippen LogP contribution in [-0.4, -0.2) is 21.9 Å².